The standard InChI is InChI=1S/C18H18BrN3O/c1-17(2,3)22-15-13(5-4-6-20-15)18(16(22)23)8-11-7-12(19)10-21-14(11)9-18/h4-7,10H,8-9H2,1-3H3/t18-/m0/s1. The zero-order valence-electron chi connectivity index (χ0n) is 13.4. The number of hydrogen-bond donors (Lipinski definition) is 0. The van der Waals surface area contributed by atoms with Gasteiger partial charge in [-0.1, -0.05) is 6.07 Å². The fourth-order valence-electron chi connectivity index (χ4n) is 3.83. The summed E-state index contributed by atoms with van der Waals surface area (Å²) >= 11 is 3.48. The van der Waals surface area contributed by atoms with Crippen LogP contribution in [0.2, 0.25) is 0 Å². The maximum absolute atomic E-state index is 13.4. The third kappa shape index (κ3) is 1.99. The average Bonchev–Trinajstić information content (AvgIpc) is 2.96. The van der Waals surface area contributed by atoms with Gasteiger partial charge in [0.05, 0.1) is 5.41 Å². The van der Waals surface area contributed by atoms with E-state index in [-0.39, 0.29) is 11.4 Å². The molecule has 1 aliphatic heterocycles. The zero-order chi connectivity index (χ0) is 16.4. The summed E-state index contributed by atoms with van der Waals surface area (Å²) in [5.41, 5.74) is 2.36. The average molecular weight is 372 g/mol. The van der Waals surface area contributed by atoms with Crippen LogP contribution in [0.25, 0.3) is 0 Å². The van der Waals surface area contributed by atoms with Gasteiger partial charge in [-0.25, -0.2) is 4.98 Å². The lowest BCUT2D eigenvalue weighted by Gasteiger charge is -2.33. The van der Waals surface area contributed by atoms with Crippen LogP contribution in [0.4, 0.5) is 5.82 Å². The van der Waals surface area contributed by atoms with Crippen LogP contribution in [-0.4, -0.2) is 21.4 Å². The van der Waals surface area contributed by atoms with Crippen molar-refractivity contribution in [3.05, 3.63) is 51.9 Å². The lowest BCUT2D eigenvalue weighted by molar-refractivity contribution is -0.123. The molecule has 2 aromatic rings. The molecule has 23 heavy (non-hydrogen) atoms. The summed E-state index contributed by atoms with van der Waals surface area (Å²) in [5.74, 6) is 0.949. The first-order chi connectivity index (χ1) is 10.8. The number of rotatable bonds is 0. The van der Waals surface area contributed by atoms with Crippen LogP contribution in [0.5, 0.6) is 0 Å². The minimum absolute atomic E-state index is 0.146. The lowest BCUT2D eigenvalue weighted by atomic mass is 9.79. The van der Waals surface area contributed by atoms with Crippen molar-refractivity contribution < 1.29 is 4.79 Å². The number of amides is 1. The molecule has 0 saturated carbocycles. The Morgan fingerprint density at radius 3 is 2.78 bits per heavy atom. The van der Waals surface area contributed by atoms with Crippen LogP contribution < -0.4 is 4.90 Å². The Balaban J connectivity index is 1.90. The van der Waals surface area contributed by atoms with Gasteiger partial charge in [-0.15, -0.1) is 0 Å². The van der Waals surface area contributed by atoms with Gasteiger partial charge in [-0.05, 0) is 60.8 Å². The topological polar surface area (TPSA) is 46.1 Å². The van der Waals surface area contributed by atoms with Crippen molar-refractivity contribution in [2.24, 2.45) is 0 Å². The highest BCUT2D eigenvalue weighted by Crippen LogP contribution is 2.50. The van der Waals surface area contributed by atoms with Crippen molar-refractivity contribution in [3.63, 3.8) is 0 Å². The largest absolute Gasteiger partial charge is 0.290 e. The Hall–Kier alpha value is -1.75. The Morgan fingerprint density at radius 2 is 2.04 bits per heavy atom. The fourth-order valence-corrected chi connectivity index (χ4v) is 4.21. The van der Waals surface area contributed by atoms with Crippen LogP contribution in [0.1, 0.15) is 37.6 Å². The quantitative estimate of drug-likeness (QED) is 0.712. The molecule has 1 atom stereocenters. The molecule has 4 nitrogen and oxygen atoms in total. The first-order valence-electron chi connectivity index (χ1n) is 7.76. The van der Waals surface area contributed by atoms with E-state index in [1.165, 1.54) is 0 Å². The van der Waals surface area contributed by atoms with Gasteiger partial charge in [0.2, 0.25) is 5.91 Å². The molecule has 4 rings (SSSR count). The van der Waals surface area contributed by atoms with Gasteiger partial charge < -0.3 is 0 Å². The number of nitrogens with zero attached hydrogens (tertiary/aromatic N) is 3. The second-order valence-electron chi connectivity index (χ2n) is 7.38. The highest BCUT2D eigenvalue weighted by molar-refractivity contribution is 9.10. The second-order valence-corrected chi connectivity index (χ2v) is 8.30. The predicted molar refractivity (Wildman–Crippen MR) is 92.5 cm³/mol. The second kappa shape index (κ2) is 4.63. The molecule has 1 spiro atoms. The maximum atomic E-state index is 13.4. The van der Waals surface area contributed by atoms with E-state index in [9.17, 15) is 4.79 Å². The summed E-state index contributed by atoms with van der Waals surface area (Å²) in [6.07, 6.45) is 4.92. The molecular formula is C18H18BrN3O. The summed E-state index contributed by atoms with van der Waals surface area (Å²) in [5, 5.41) is 0. The van der Waals surface area contributed by atoms with E-state index in [1.807, 2.05) is 23.2 Å². The molecule has 1 amide bonds. The fraction of sp³-hybridized carbons (Fsp3) is 0.389. The normalized spacial score (nSPS) is 22.6. The molecule has 0 fully saturated rings. The summed E-state index contributed by atoms with van der Waals surface area (Å²) in [6.45, 7) is 6.16. The molecule has 1 aliphatic carbocycles. The third-order valence-corrected chi connectivity index (χ3v) is 5.22. The monoisotopic (exact) mass is 371 g/mol. The molecule has 0 saturated heterocycles. The van der Waals surface area contributed by atoms with Crippen LogP contribution >= 0.6 is 15.9 Å². The van der Waals surface area contributed by atoms with E-state index < -0.39 is 5.41 Å². The number of anilines is 1. The number of carbonyl (C=O) groups excluding carboxylic acids is 1. The van der Waals surface area contributed by atoms with E-state index in [0.29, 0.717) is 12.8 Å². The van der Waals surface area contributed by atoms with Gasteiger partial charge in [0.15, 0.2) is 0 Å². The molecule has 3 heterocycles. The van der Waals surface area contributed by atoms with E-state index in [4.69, 9.17) is 0 Å². The molecule has 2 aromatic heterocycles. The van der Waals surface area contributed by atoms with Crippen molar-refractivity contribution in [2.75, 3.05) is 4.90 Å². The van der Waals surface area contributed by atoms with Crippen molar-refractivity contribution in [3.8, 4) is 0 Å². The van der Waals surface area contributed by atoms with Crippen molar-refractivity contribution in [2.45, 2.75) is 44.6 Å². The van der Waals surface area contributed by atoms with Crippen LogP contribution in [-0.2, 0) is 23.1 Å². The van der Waals surface area contributed by atoms with Gasteiger partial charge in [0.25, 0.3) is 0 Å². The predicted octanol–water partition coefficient (Wildman–Crippen LogP) is 3.42. The number of fused-ring (bicyclic) bond motifs is 3. The van der Waals surface area contributed by atoms with Crippen LogP contribution in [0, 0.1) is 0 Å². The lowest BCUT2D eigenvalue weighted by Crippen LogP contribution is -2.49. The number of carbonyl (C=O) groups is 1. The molecular weight excluding hydrogens is 354 g/mol. The van der Waals surface area contributed by atoms with E-state index in [2.05, 4.69) is 52.7 Å². The number of aromatic nitrogens is 2. The Labute approximate surface area is 144 Å². The SMILES string of the molecule is CC(C)(C)N1C(=O)[C@]2(Cc3cc(Br)cnc3C2)c2cccnc21. The van der Waals surface area contributed by atoms with E-state index in [1.54, 1.807) is 6.20 Å². The first-order valence-corrected chi connectivity index (χ1v) is 8.56. The van der Waals surface area contributed by atoms with Crippen molar-refractivity contribution in [1.82, 2.24) is 9.97 Å². The minimum Gasteiger partial charge on any atom is -0.290 e. The summed E-state index contributed by atoms with van der Waals surface area (Å²) in [4.78, 5) is 24.4. The molecule has 0 N–H and O–H groups in total. The number of hydrogen-bond acceptors (Lipinski definition) is 3. The Bertz CT molecular complexity index is 827. The molecule has 2 aliphatic rings. The van der Waals surface area contributed by atoms with Gasteiger partial charge in [0, 0.05) is 40.1 Å². The van der Waals surface area contributed by atoms with Gasteiger partial charge in [-0.2, -0.15) is 0 Å². The summed E-state index contributed by atoms with van der Waals surface area (Å²) < 4.78 is 0.956. The van der Waals surface area contributed by atoms with Crippen molar-refractivity contribution in [1.29, 1.82) is 0 Å². The van der Waals surface area contributed by atoms with Gasteiger partial charge in [0.1, 0.15) is 5.82 Å². The summed E-state index contributed by atoms with van der Waals surface area (Å²) in [6, 6.07) is 6.05. The smallest absolute Gasteiger partial charge is 0.240 e. The molecule has 5 heteroatoms. The Kier molecular flexibility index (Phi) is 2.98. The number of halogens is 1. The molecule has 0 aromatic carbocycles. The van der Waals surface area contributed by atoms with E-state index >= 15 is 0 Å². The minimum atomic E-state index is -0.549. The Morgan fingerprint density at radius 1 is 1.26 bits per heavy atom. The number of pyridine rings is 2. The molecule has 0 unspecified atom stereocenters. The van der Waals surface area contributed by atoms with E-state index in [0.717, 1.165) is 27.1 Å². The zero-order valence-corrected chi connectivity index (χ0v) is 15.0. The maximum Gasteiger partial charge on any atom is 0.240 e. The molecule has 0 radical (unpaired) electrons. The highest BCUT2D eigenvalue weighted by Gasteiger charge is 2.57. The van der Waals surface area contributed by atoms with Crippen LogP contribution in [0.15, 0.2) is 35.1 Å². The molecule has 0 bridgehead atoms. The molecule has 118 valence electrons. The highest BCUT2D eigenvalue weighted by atomic mass is 79.9. The third-order valence-electron chi connectivity index (χ3n) is 4.79. The van der Waals surface area contributed by atoms with Crippen molar-refractivity contribution >= 4 is 27.7 Å². The summed E-state index contributed by atoms with van der Waals surface area (Å²) in [7, 11) is 0. The van der Waals surface area contributed by atoms with Crippen LogP contribution in [0.3, 0.4) is 0 Å². The first kappa shape index (κ1) is 14.8. The van der Waals surface area contributed by atoms with Gasteiger partial charge in [-0.3, -0.25) is 14.7 Å². The van der Waals surface area contributed by atoms with Gasteiger partial charge >= 0.3 is 0 Å².